The van der Waals surface area contributed by atoms with Crippen LogP contribution in [0.25, 0.3) is 0 Å². The second kappa shape index (κ2) is 9.50. The lowest BCUT2D eigenvalue weighted by Gasteiger charge is -2.15. The van der Waals surface area contributed by atoms with Crippen LogP contribution in [0.2, 0.25) is 0 Å². The summed E-state index contributed by atoms with van der Waals surface area (Å²) in [6.45, 7) is 2.37. The molecule has 1 atom stereocenters. The van der Waals surface area contributed by atoms with Gasteiger partial charge in [0.1, 0.15) is 5.82 Å². The summed E-state index contributed by atoms with van der Waals surface area (Å²) in [6.07, 6.45) is -1.08. The van der Waals surface area contributed by atoms with Crippen LogP contribution in [-0.4, -0.2) is 37.5 Å². The highest BCUT2D eigenvalue weighted by Gasteiger charge is 2.19. The number of esters is 1. The van der Waals surface area contributed by atoms with E-state index in [-0.39, 0.29) is 11.5 Å². The fourth-order valence-electron chi connectivity index (χ4n) is 2.20. The van der Waals surface area contributed by atoms with Gasteiger partial charge in [-0.15, -0.1) is 0 Å². The van der Waals surface area contributed by atoms with Crippen LogP contribution in [-0.2, 0) is 14.3 Å². The second-order valence-electron chi connectivity index (χ2n) is 5.84. The molecular weight excluding hydrogens is 369 g/mol. The average molecular weight is 389 g/mol. The molecule has 2 aromatic carbocycles. The van der Waals surface area contributed by atoms with Crippen LogP contribution >= 0.6 is 0 Å². The number of ketones is 1. The van der Waals surface area contributed by atoms with Crippen LogP contribution in [0.3, 0.4) is 0 Å². The van der Waals surface area contributed by atoms with Crippen LogP contribution in [0.1, 0.15) is 24.2 Å². The van der Waals surface area contributed by atoms with Gasteiger partial charge in [-0.25, -0.2) is 9.18 Å². The lowest BCUT2D eigenvalue weighted by atomic mass is 10.1. The summed E-state index contributed by atoms with van der Waals surface area (Å²) in [5.41, 5.74) is 0.818. The number of Topliss-reactive ketones (excluding diaryl/α,β-unsaturated/α-hetero) is 1. The third kappa shape index (κ3) is 5.80. The van der Waals surface area contributed by atoms with E-state index in [9.17, 15) is 18.8 Å². The molecule has 0 fully saturated rings. The molecule has 0 aliphatic heterocycles. The second-order valence-corrected chi connectivity index (χ2v) is 5.84. The Hall–Kier alpha value is -3.42. The monoisotopic (exact) mass is 389 g/mol. The Kier molecular flexibility index (Phi) is 7.08. The number of benzene rings is 2. The fraction of sp³-hybridized carbons (Fsp3) is 0.250. The normalized spacial score (nSPS) is 11.3. The molecule has 0 bridgehead atoms. The highest BCUT2D eigenvalue weighted by atomic mass is 19.1. The minimum absolute atomic E-state index is 0.134. The number of carbonyl (C=O) groups is 3. The first kappa shape index (κ1) is 20.9. The number of halogens is 1. The van der Waals surface area contributed by atoms with Crippen LogP contribution in [0, 0.1) is 5.82 Å². The Morgan fingerprint density at radius 2 is 1.75 bits per heavy atom. The Balaban J connectivity index is 1.88. The molecule has 1 amide bonds. The molecule has 7 nitrogen and oxygen atoms in total. The molecule has 0 aliphatic carbocycles. The molecule has 0 saturated heterocycles. The van der Waals surface area contributed by atoms with Crippen molar-refractivity contribution in [3.8, 4) is 11.5 Å². The van der Waals surface area contributed by atoms with E-state index in [0.29, 0.717) is 17.0 Å². The van der Waals surface area contributed by atoms with Gasteiger partial charge in [-0.1, -0.05) is 0 Å². The zero-order valence-electron chi connectivity index (χ0n) is 15.7. The summed E-state index contributed by atoms with van der Waals surface area (Å²) >= 11 is 0. The molecule has 8 heteroatoms. The average Bonchev–Trinajstić information content (AvgIpc) is 2.67. The standard InChI is InChI=1S/C20H20FNO6/c1-12(23)14-4-9-17(18(10-14)26-3)27-11-19(24)28-13(2)20(25)22-16-7-5-15(21)6-8-16/h4-10,13H,11H2,1-3H3,(H,22,25)/t13-/m1/s1. The molecule has 0 aliphatic rings. The molecule has 2 aromatic rings. The van der Waals surface area contributed by atoms with Gasteiger partial charge in [0.05, 0.1) is 7.11 Å². The van der Waals surface area contributed by atoms with Crippen LogP contribution in [0.15, 0.2) is 42.5 Å². The zero-order valence-corrected chi connectivity index (χ0v) is 15.7. The van der Waals surface area contributed by atoms with Gasteiger partial charge in [0.2, 0.25) is 0 Å². The molecule has 0 radical (unpaired) electrons. The van der Waals surface area contributed by atoms with Crippen molar-refractivity contribution in [3.05, 3.63) is 53.8 Å². The van der Waals surface area contributed by atoms with Gasteiger partial charge in [0.25, 0.3) is 5.91 Å². The number of hydrogen-bond donors (Lipinski definition) is 1. The minimum atomic E-state index is -1.08. The van der Waals surface area contributed by atoms with Gasteiger partial charge in [0.15, 0.2) is 30.0 Å². The number of rotatable bonds is 8. The summed E-state index contributed by atoms with van der Waals surface area (Å²) in [7, 11) is 1.41. The third-order valence-corrected chi connectivity index (χ3v) is 3.70. The molecule has 28 heavy (non-hydrogen) atoms. The topological polar surface area (TPSA) is 90.9 Å². The first-order valence-electron chi connectivity index (χ1n) is 8.38. The predicted octanol–water partition coefficient (Wildman–Crippen LogP) is 2.99. The number of anilines is 1. The number of ether oxygens (including phenoxy) is 3. The molecule has 1 N–H and O–H groups in total. The summed E-state index contributed by atoms with van der Waals surface area (Å²) < 4.78 is 28.4. The first-order chi connectivity index (χ1) is 13.3. The number of nitrogens with one attached hydrogen (secondary N) is 1. The third-order valence-electron chi connectivity index (χ3n) is 3.70. The van der Waals surface area contributed by atoms with E-state index in [2.05, 4.69) is 5.32 Å². The van der Waals surface area contributed by atoms with Crippen LogP contribution < -0.4 is 14.8 Å². The van der Waals surface area contributed by atoms with Crippen LogP contribution in [0.4, 0.5) is 10.1 Å². The Morgan fingerprint density at radius 3 is 2.36 bits per heavy atom. The Morgan fingerprint density at radius 1 is 1.07 bits per heavy atom. The summed E-state index contributed by atoms with van der Waals surface area (Å²) in [4.78, 5) is 35.4. The summed E-state index contributed by atoms with van der Waals surface area (Å²) in [5.74, 6) is -1.34. The number of amides is 1. The molecule has 2 rings (SSSR count). The molecule has 0 aromatic heterocycles. The highest BCUT2D eigenvalue weighted by molar-refractivity contribution is 5.95. The molecule has 0 saturated carbocycles. The first-order valence-corrected chi connectivity index (χ1v) is 8.38. The van der Waals surface area contributed by atoms with E-state index in [1.165, 1.54) is 57.4 Å². The van der Waals surface area contributed by atoms with Crippen molar-refractivity contribution < 1.29 is 33.0 Å². The molecule has 0 spiro atoms. The van der Waals surface area contributed by atoms with E-state index >= 15 is 0 Å². The van der Waals surface area contributed by atoms with Crippen molar-refractivity contribution in [2.24, 2.45) is 0 Å². The van der Waals surface area contributed by atoms with Crippen LogP contribution in [0.5, 0.6) is 11.5 Å². The van der Waals surface area contributed by atoms with E-state index in [4.69, 9.17) is 14.2 Å². The van der Waals surface area contributed by atoms with Gasteiger partial charge in [0, 0.05) is 11.3 Å². The Labute approximate surface area is 161 Å². The maximum atomic E-state index is 12.9. The van der Waals surface area contributed by atoms with Crippen molar-refractivity contribution in [2.45, 2.75) is 20.0 Å². The van der Waals surface area contributed by atoms with Gasteiger partial charge < -0.3 is 19.5 Å². The van der Waals surface area contributed by atoms with Crippen molar-refractivity contribution in [3.63, 3.8) is 0 Å². The maximum absolute atomic E-state index is 12.9. The number of carbonyl (C=O) groups excluding carboxylic acids is 3. The summed E-state index contributed by atoms with van der Waals surface area (Å²) in [5, 5.41) is 2.51. The SMILES string of the molecule is COc1cc(C(C)=O)ccc1OCC(=O)O[C@H](C)C(=O)Nc1ccc(F)cc1. The van der Waals surface area contributed by atoms with Gasteiger partial charge in [-0.3, -0.25) is 9.59 Å². The predicted molar refractivity (Wildman–Crippen MR) is 99.1 cm³/mol. The number of methoxy groups -OCH3 is 1. The fourth-order valence-corrected chi connectivity index (χ4v) is 2.20. The lowest BCUT2D eigenvalue weighted by Crippen LogP contribution is -2.31. The number of hydrogen-bond acceptors (Lipinski definition) is 6. The smallest absolute Gasteiger partial charge is 0.344 e. The molecule has 0 heterocycles. The highest BCUT2D eigenvalue weighted by Crippen LogP contribution is 2.28. The maximum Gasteiger partial charge on any atom is 0.344 e. The van der Waals surface area contributed by atoms with Gasteiger partial charge in [-0.05, 0) is 56.3 Å². The van der Waals surface area contributed by atoms with E-state index in [1.54, 1.807) is 6.07 Å². The van der Waals surface area contributed by atoms with E-state index in [1.807, 2.05) is 0 Å². The lowest BCUT2D eigenvalue weighted by molar-refractivity contribution is -0.155. The Bertz CT molecular complexity index is 865. The van der Waals surface area contributed by atoms with E-state index < -0.39 is 30.4 Å². The zero-order chi connectivity index (χ0) is 20.7. The van der Waals surface area contributed by atoms with Crippen molar-refractivity contribution in [1.82, 2.24) is 0 Å². The molecule has 0 unspecified atom stereocenters. The van der Waals surface area contributed by atoms with Crippen molar-refractivity contribution in [1.29, 1.82) is 0 Å². The summed E-state index contributed by atoms with van der Waals surface area (Å²) in [6, 6.07) is 9.74. The van der Waals surface area contributed by atoms with E-state index in [0.717, 1.165) is 0 Å². The van der Waals surface area contributed by atoms with Crippen molar-refractivity contribution >= 4 is 23.3 Å². The van der Waals surface area contributed by atoms with Crippen molar-refractivity contribution in [2.75, 3.05) is 19.0 Å². The molecular formula is C20H20FNO6. The van der Waals surface area contributed by atoms with Gasteiger partial charge in [-0.2, -0.15) is 0 Å². The molecule has 148 valence electrons. The quantitative estimate of drug-likeness (QED) is 0.551. The minimum Gasteiger partial charge on any atom is -0.493 e. The largest absolute Gasteiger partial charge is 0.493 e. The van der Waals surface area contributed by atoms with Gasteiger partial charge >= 0.3 is 5.97 Å².